The fourth-order valence-corrected chi connectivity index (χ4v) is 2.36. The summed E-state index contributed by atoms with van der Waals surface area (Å²) in [4.78, 5) is 2.32. The maximum atomic E-state index is 6.09. The Labute approximate surface area is 109 Å². The van der Waals surface area contributed by atoms with Gasteiger partial charge in [0.1, 0.15) is 0 Å². The average molecular weight is 253 g/mol. The van der Waals surface area contributed by atoms with Crippen LogP contribution in [-0.4, -0.2) is 19.6 Å². The summed E-state index contributed by atoms with van der Waals surface area (Å²) in [5.74, 6) is 0.877. The molecule has 2 rings (SSSR count). The summed E-state index contributed by atoms with van der Waals surface area (Å²) >= 11 is 6.09. The highest BCUT2D eigenvalue weighted by Gasteiger charge is 2.23. The predicted molar refractivity (Wildman–Crippen MR) is 74.8 cm³/mol. The summed E-state index contributed by atoms with van der Waals surface area (Å²) in [5.41, 5.74) is 8.43. The van der Waals surface area contributed by atoms with E-state index in [9.17, 15) is 0 Å². The van der Waals surface area contributed by atoms with Crippen LogP contribution in [-0.2, 0) is 6.42 Å². The van der Waals surface area contributed by atoms with E-state index in [2.05, 4.69) is 24.1 Å². The lowest BCUT2D eigenvalue weighted by molar-refractivity contribution is 0.728. The maximum Gasteiger partial charge on any atom is 0.0426 e. The number of nitrogens with two attached hydrogens (primary N) is 1. The Bertz CT molecular complexity index is 386. The Morgan fingerprint density at radius 3 is 2.76 bits per heavy atom. The van der Waals surface area contributed by atoms with Crippen molar-refractivity contribution in [2.75, 3.05) is 18.5 Å². The van der Waals surface area contributed by atoms with E-state index < -0.39 is 0 Å². The standard InChI is InChI=1S/C14H21ClN2/c1-10(16)7-12-5-6-13(15)8-14(12)17(2)9-11-3-4-11/h5-6,8,10-11H,3-4,7,9,16H2,1-2H3. The highest BCUT2D eigenvalue weighted by molar-refractivity contribution is 6.30. The molecular weight excluding hydrogens is 232 g/mol. The topological polar surface area (TPSA) is 29.3 Å². The molecule has 0 amide bonds. The largest absolute Gasteiger partial charge is 0.374 e. The number of anilines is 1. The second-order valence-corrected chi connectivity index (χ2v) is 5.71. The molecule has 17 heavy (non-hydrogen) atoms. The molecule has 1 aliphatic rings. The van der Waals surface area contributed by atoms with Crippen LogP contribution in [0.1, 0.15) is 25.3 Å². The van der Waals surface area contributed by atoms with Gasteiger partial charge < -0.3 is 10.6 Å². The van der Waals surface area contributed by atoms with Crippen LogP contribution >= 0.6 is 11.6 Å². The predicted octanol–water partition coefficient (Wildman–Crippen LogP) is 3.08. The van der Waals surface area contributed by atoms with Crippen LogP contribution in [0.25, 0.3) is 0 Å². The van der Waals surface area contributed by atoms with Crippen molar-refractivity contribution in [1.29, 1.82) is 0 Å². The third-order valence-corrected chi connectivity index (χ3v) is 3.46. The number of nitrogens with zero attached hydrogens (tertiary/aromatic N) is 1. The molecule has 1 fully saturated rings. The van der Waals surface area contributed by atoms with Crippen molar-refractivity contribution in [3.8, 4) is 0 Å². The highest BCUT2D eigenvalue weighted by atomic mass is 35.5. The summed E-state index contributed by atoms with van der Waals surface area (Å²) in [6.07, 6.45) is 3.64. The smallest absolute Gasteiger partial charge is 0.0426 e. The van der Waals surface area contributed by atoms with Crippen molar-refractivity contribution in [2.45, 2.75) is 32.2 Å². The van der Waals surface area contributed by atoms with Crippen LogP contribution in [0, 0.1) is 5.92 Å². The molecule has 94 valence electrons. The van der Waals surface area contributed by atoms with Crippen molar-refractivity contribution in [2.24, 2.45) is 11.7 Å². The number of hydrogen-bond donors (Lipinski definition) is 1. The minimum absolute atomic E-state index is 0.184. The molecule has 1 saturated carbocycles. The zero-order chi connectivity index (χ0) is 12.4. The van der Waals surface area contributed by atoms with E-state index >= 15 is 0 Å². The minimum atomic E-state index is 0.184. The van der Waals surface area contributed by atoms with Gasteiger partial charge in [0.25, 0.3) is 0 Å². The lowest BCUT2D eigenvalue weighted by atomic mass is 10.0. The molecule has 1 aromatic rings. The van der Waals surface area contributed by atoms with Crippen LogP contribution in [0.3, 0.4) is 0 Å². The van der Waals surface area contributed by atoms with Crippen LogP contribution in [0.15, 0.2) is 18.2 Å². The Kier molecular flexibility index (Phi) is 3.95. The van der Waals surface area contributed by atoms with E-state index in [0.717, 1.165) is 23.9 Å². The van der Waals surface area contributed by atoms with E-state index in [1.54, 1.807) is 0 Å². The van der Waals surface area contributed by atoms with Crippen molar-refractivity contribution in [3.63, 3.8) is 0 Å². The van der Waals surface area contributed by atoms with Gasteiger partial charge in [-0.1, -0.05) is 17.7 Å². The molecule has 0 aromatic heterocycles. The van der Waals surface area contributed by atoms with Gasteiger partial charge in [0, 0.05) is 30.3 Å². The molecule has 0 aliphatic heterocycles. The maximum absolute atomic E-state index is 6.09. The van der Waals surface area contributed by atoms with Crippen LogP contribution in [0.4, 0.5) is 5.69 Å². The van der Waals surface area contributed by atoms with Gasteiger partial charge in [-0.2, -0.15) is 0 Å². The molecule has 0 heterocycles. The molecule has 2 nitrogen and oxygen atoms in total. The van der Waals surface area contributed by atoms with Crippen molar-refractivity contribution in [1.82, 2.24) is 0 Å². The molecule has 3 heteroatoms. The van der Waals surface area contributed by atoms with E-state index in [-0.39, 0.29) is 6.04 Å². The number of halogens is 1. The van der Waals surface area contributed by atoms with Gasteiger partial charge in [-0.3, -0.25) is 0 Å². The van der Waals surface area contributed by atoms with Crippen LogP contribution in [0.5, 0.6) is 0 Å². The first kappa shape index (κ1) is 12.7. The molecular formula is C14H21ClN2. The molecule has 1 unspecified atom stereocenters. The van der Waals surface area contributed by atoms with E-state index in [4.69, 9.17) is 17.3 Å². The highest BCUT2D eigenvalue weighted by Crippen LogP contribution is 2.32. The second kappa shape index (κ2) is 5.28. The molecule has 0 bridgehead atoms. The van der Waals surface area contributed by atoms with E-state index in [1.165, 1.54) is 24.1 Å². The van der Waals surface area contributed by atoms with Gasteiger partial charge in [-0.25, -0.2) is 0 Å². The lowest BCUT2D eigenvalue weighted by Gasteiger charge is -2.23. The third-order valence-electron chi connectivity index (χ3n) is 3.23. The Hall–Kier alpha value is -0.730. The Morgan fingerprint density at radius 1 is 1.47 bits per heavy atom. The SMILES string of the molecule is CC(N)Cc1ccc(Cl)cc1N(C)CC1CC1. The zero-order valence-corrected chi connectivity index (χ0v) is 11.4. The number of benzene rings is 1. The number of rotatable bonds is 5. The van der Waals surface area contributed by atoms with Gasteiger partial charge >= 0.3 is 0 Å². The molecule has 1 aliphatic carbocycles. The molecule has 1 atom stereocenters. The summed E-state index contributed by atoms with van der Waals surface area (Å²) in [7, 11) is 2.15. The molecule has 0 saturated heterocycles. The summed E-state index contributed by atoms with van der Waals surface area (Å²) in [6.45, 7) is 3.17. The van der Waals surface area contributed by atoms with Crippen LogP contribution in [0.2, 0.25) is 5.02 Å². The molecule has 2 N–H and O–H groups in total. The zero-order valence-electron chi connectivity index (χ0n) is 10.6. The summed E-state index contributed by atoms with van der Waals surface area (Å²) in [6, 6.07) is 6.30. The van der Waals surface area contributed by atoms with Gasteiger partial charge in [0.05, 0.1) is 0 Å². The molecule has 0 spiro atoms. The van der Waals surface area contributed by atoms with E-state index in [1.807, 2.05) is 13.0 Å². The monoisotopic (exact) mass is 252 g/mol. The average Bonchev–Trinajstić information content (AvgIpc) is 3.03. The normalized spacial score (nSPS) is 16.9. The first-order valence-electron chi connectivity index (χ1n) is 6.31. The fraction of sp³-hybridized carbons (Fsp3) is 0.571. The van der Waals surface area contributed by atoms with Gasteiger partial charge in [0.15, 0.2) is 0 Å². The summed E-state index contributed by atoms with van der Waals surface area (Å²) in [5, 5.41) is 0.802. The number of hydrogen-bond acceptors (Lipinski definition) is 2. The first-order valence-corrected chi connectivity index (χ1v) is 6.69. The minimum Gasteiger partial charge on any atom is -0.374 e. The molecule has 1 aromatic carbocycles. The Balaban J connectivity index is 2.18. The third kappa shape index (κ3) is 3.62. The van der Waals surface area contributed by atoms with E-state index in [0.29, 0.717) is 0 Å². The van der Waals surface area contributed by atoms with Crippen molar-refractivity contribution in [3.05, 3.63) is 28.8 Å². The fourth-order valence-electron chi connectivity index (χ4n) is 2.20. The Morgan fingerprint density at radius 2 is 2.18 bits per heavy atom. The lowest BCUT2D eigenvalue weighted by Crippen LogP contribution is -2.24. The second-order valence-electron chi connectivity index (χ2n) is 5.28. The van der Waals surface area contributed by atoms with Crippen molar-refractivity contribution >= 4 is 17.3 Å². The van der Waals surface area contributed by atoms with Gasteiger partial charge in [0.2, 0.25) is 0 Å². The van der Waals surface area contributed by atoms with Crippen LogP contribution < -0.4 is 10.6 Å². The first-order chi connectivity index (χ1) is 8.06. The molecule has 0 radical (unpaired) electrons. The van der Waals surface area contributed by atoms with Gasteiger partial charge in [-0.15, -0.1) is 0 Å². The van der Waals surface area contributed by atoms with Gasteiger partial charge in [-0.05, 0) is 49.8 Å². The van der Waals surface area contributed by atoms with Crippen molar-refractivity contribution < 1.29 is 0 Å². The summed E-state index contributed by atoms with van der Waals surface area (Å²) < 4.78 is 0. The quantitative estimate of drug-likeness (QED) is 0.873.